The molecular formula is C30H50O2. The van der Waals surface area contributed by atoms with Crippen LogP contribution in [0.2, 0.25) is 0 Å². The number of carbonyl (C=O) groups is 1. The smallest absolute Gasteiger partial charge is 0.136 e. The van der Waals surface area contributed by atoms with Crippen LogP contribution in [0.3, 0.4) is 0 Å². The van der Waals surface area contributed by atoms with Crippen LogP contribution in [-0.2, 0) is 4.79 Å². The van der Waals surface area contributed by atoms with E-state index in [9.17, 15) is 9.90 Å². The lowest BCUT2D eigenvalue weighted by atomic mass is 9.30. The Bertz CT molecular complexity index is 801. The lowest BCUT2D eigenvalue weighted by molar-refractivity contribution is -0.271. The Morgan fingerprint density at radius 1 is 0.781 bits per heavy atom. The number of aliphatic hydroxyl groups excluding tert-OH is 1. The van der Waals surface area contributed by atoms with Crippen molar-refractivity contribution in [2.24, 2.45) is 56.2 Å². The fourth-order valence-electron chi connectivity index (χ4n) is 11.3. The molecule has 5 saturated carbocycles. The summed E-state index contributed by atoms with van der Waals surface area (Å²) >= 11 is 0. The molecule has 9 atom stereocenters. The van der Waals surface area contributed by atoms with Gasteiger partial charge in [0.05, 0.1) is 0 Å². The molecule has 5 fully saturated rings. The van der Waals surface area contributed by atoms with Crippen molar-refractivity contribution in [3.8, 4) is 0 Å². The highest BCUT2D eigenvalue weighted by Crippen LogP contribution is 2.78. The van der Waals surface area contributed by atoms with Gasteiger partial charge in [-0.15, -0.1) is 0 Å². The summed E-state index contributed by atoms with van der Waals surface area (Å²) in [5.74, 6) is 2.71. The van der Waals surface area contributed by atoms with Gasteiger partial charge in [0, 0.05) is 24.4 Å². The molecule has 0 amide bonds. The molecule has 0 aromatic heterocycles. The average molecular weight is 443 g/mol. The highest BCUT2D eigenvalue weighted by atomic mass is 16.3. The van der Waals surface area contributed by atoms with E-state index in [1.165, 1.54) is 57.8 Å². The van der Waals surface area contributed by atoms with Gasteiger partial charge in [-0.05, 0) is 109 Å². The van der Waals surface area contributed by atoms with Crippen molar-refractivity contribution < 1.29 is 9.90 Å². The van der Waals surface area contributed by atoms with Crippen molar-refractivity contribution in [3.63, 3.8) is 0 Å². The third kappa shape index (κ3) is 2.71. The Kier molecular flexibility index (Phi) is 5.01. The zero-order chi connectivity index (χ0) is 23.4. The van der Waals surface area contributed by atoms with E-state index in [1.807, 2.05) is 0 Å². The van der Waals surface area contributed by atoms with Crippen molar-refractivity contribution in [2.45, 2.75) is 119 Å². The molecule has 5 aliphatic carbocycles. The van der Waals surface area contributed by atoms with Crippen LogP contribution in [0, 0.1) is 56.2 Å². The minimum atomic E-state index is 0.0751. The zero-order valence-corrected chi connectivity index (χ0v) is 22.2. The van der Waals surface area contributed by atoms with Crippen molar-refractivity contribution in [1.82, 2.24) is 0 Å². The molecule has 32 heavy (non-hydrogen) atoms. The van der Waals surface area contributed by atoms with Gasteiger partial charge >= 0.3 is 0 Å². The largest absolute Gasteiger partial charge is 0.396 e. The van der Waals surface area contributed by atoms with Crippen LogP contribution in [0.15, 0.2) is 0 Å². The first-order valence-corrected chi connectivity index (χ1v) is 13.9. The fourth-order valence-corrected chi connectivity index (χ4v) is 11.3. The van der Waals surface area contributed by atoms with E-state index >= 15 is 0 Å². The lowest BCUT2D eigenvalue weighted by Gasteiger charge is -2.75. The van der Waals surface area contributed by atoms with Crippen molar-refractivity contribution in [3.05, 3.63) is 0 Å². The number of carbonyl (C=O) groups excluding carboxylic acids is 1. The quantitative estimate of drug-likeness (QED) is 0.458. The van der Waals surface area contributed by atoms with E-state index < -0.39 is 0 Å². The first-order valence-electron chi connectivity index (χ1n) is 13.9. The van der Waals surface area contributed by atoms with Gasteiger partial charge < -0.3 is 5.11 Å². The summed E-state index contributed by atoms with van der Waals surface area (Å²) in [6, 6.07) is 0. The third-order valence-corrected chi connectivity index (χ3v) is 13.7. The molecule has 5 rings (SSSR count). The van der Waals surface area contributed by atoms with Crippen LogP contribution < -0.4 is 0 Å². The third-order valence-electron chi connectivity index (χ3n) is 13.7. The summed E-state index contributed by atoms with van der Waals surface area (Å²) in [5, 5.41) is 11.3. The minimum Gasteiger partial charge on any atom is -0.396 e. The monoisotopic (exact) mass is 442 g/mol. The molecule has 0 spiro atoms. The number of fused-ring (bicyclic) bond motifs is 7. The van der Waals surface area contributed by atoms with Crippen LogP contribution in [0.5, 0.6) is 0 Å². The number of ketones is 1. The number of Topliss-reactive ketones (excluding diaryl/α,β-unsaturated/α-hetero) is 1. The van der Waals surface area contributed by atoms with Gasteiger partial charge in [-0.3, -0.25) is 4.79 Å². The number of hydrogen-bond acceptors (Lipinski definition) is 2. The maximum Gasteiger partial charge on any atom is 0.136 e. The van der Waals surface area contributed by atoms with Gasteiger partial charge in [-0.1, -0.05) is 48.5 Å². The molecule has 1 N–H and O–H groups in total. The first kappa shape index (κ1) is 23.4. The maximum atomic E-state index is 12.7. The highest BCUT2D eigenvalue weighted by molar-refractivity contribution is 5.82. The van der Waals surface area contributed by atoms with Crippen molar-refractivity contribution in [2.75, 3.05) is 6.61 Å². The molecule has 182 valence electrons. The Morgan fingerprint density at radius 2 is 1.47 bits per heavy atom. The Hall–Kier alpha value is -0.370. The molecule has 0 saturated heterocycles. The molecule has 0 heterocycles. The molecule has 0 unspecified atom stereocenters. The van der Waals surface area contributed by atoms with Crippen LogP contribution in [-0.4, -0.2) is 17.5 Å². The van der Waals surface area contributed by atoms with E-state index in [0.717, 1.165) is 12.8 Å². The normalized spacial score (nSPS) is 57.1. The Balaban J connectivity index is 1.57. The van der Waals surface area contributed by atoms with Crippen LogP contribution in [0.4, 0.5) is 0 Å². The molecular weight excluding hydrogens is 392 g/mol. The molecule has 0 aromatic carbocycles. The first-order chi connectivity index (χ1) is 14.8. The minimum absolute atomic E-state index is 0.0751. The SMILES string of the molecule is C[C@H]1C(=O)CC[C@@H]2[C@]3(C)CC[C@@]4(CO)[C@@H]5CC(C)(C)CC[C@]5(C)CC[C@]4(C)[C@@H]3CC[C@@]21C. The summed E-state index contributed by atoms with van der Waals surface area (Å²) in [7, 11) is 0. The van der Waals surface area contributed by atoms with Gasteiger partial charge in [-0.25, -0.2) is 0 Å². The molecule has 0 radical (unpaired) electrons. The molecule has 0 aromatic rings. The highest BCUT2D eigenvalue weighted by Gasteiger charge is 2.72. The molecule has 0 bridgehead atoms. The zero-order valence-electron chi connectivity index (χ0n) is 22.2. The second-order valence-corrected chi connectivity index (χ2v) is 15.2. The van der Waals surface area contributed by atoms with Crippen molar-refractivity contribution >= 4 is 5.78 Å². The summed E-state index contributed by atoms with van der Waals surface area (Å²) in [6.45, 7) is 17.8. The van der Waals surface area contributed by atoms with Gasteiger partial charge in [0.2, 0.25) is 0 Å². The van der Waals surface area contributed by atoms with E-state index in [4.69, 9.17) is 0 Å². The maximum absolute atomic E-state index is 12.7. The van der Waals surface area contributed by atoms with E-state index in [1.54, 1.807) is 0 Å². The van der Waals surface area contributed by atoms with Crippen LogP contribution in [0.1, 0.15) is 119 Å². The van der Waals surface area contributed by atoms with Gasteiger partial charge in [-0.2, -0.15) is 0 Å². The molecule has 2 heteroatoms. The van der Waals surface area contributed by atoms with E-state index in [-0.39, 0.29) is 22.2 Å². The van der Waals surface area contributed by atoms with Crippen LogP contribution in [0.25, 0.3) is 0 Å². The summed E-state index contributed by atoms with van der Waals surface area (Å²) in [4.78, 5) is 12.7. The summed E-state index contributed by atoms with van der Waals surface area (Å²) < 4.78 is 0. The average Bonchev–Trinajstić information content (AvgIpc) is 2.72. The molecule has 5 aliphatic rings. The van der Waals surface area contributed by atoms with Gasteiger partial charge in [0.25, 0.3) is 0 Å². The summed E-state index contributed by atoms with van der Waals surface area (Å²) in [5.41, 5.74) is 1.58. The number of aliphatic hydroxyl groups is 1. The predicted octanol–water partition coefficient (Wildman–Crippen LogP) is 7.43. The van der Waals surface area contributed by atoms with Gasteiger partial charge in [0.1, 0.15) is 5.78 Å². The van der Waals surface area contributed by atoms with Gasteiger partial charge in [0.15, 0.2) is 0 Å². The summed E-state index contributed by atoms with van der Waals surface area (Å²) in [6.07, 6.45) is 13.4. The predicted molar refractivity (Wildman–Crippen MR) is 131 cm³/mol. The molecule has 2 nitrogen and oxygen atoms in total. The Labute approximate surface area is 197 Å². The topological polar surface area (TPSA) is 37.3 Å². The van der Waals surface area contributed by atoms with Crippen LogP contribution >= 0.6 is 0 Å². The number of hydrogen-bond donors (Lipinski definition) is 1. The Morgan fingerprint density at radius 3 is 2.16 bits per heavy atom. The second kappa shape index (κ2) is 6.86. The van der Waals surface area contributed by atoms with E-state index in [0.29, 0.717) is 46.4 Å². The number of rotatable bonds is 1. The fraction of sp³-hybridized carbons (Fsp3) is 0.967. The van der Waals surface area contributed by atoms with Crippen molar-refractivity contribution in [1.29, 1.82) is 0 Å². The standard InChI is InChI=1S/C30H50O2/c1-20-21(32)8-9-22-27(20,5)11-10-23-28(22,6)15-17-30(19-31)24-18-25(2,3)12-13-26(24,4)14-16-29(23,30)7/h20,22-24,31H,8-19H2,1-7H3/t20-,22-,23+,24+,26+,27+,28-,29+,30+/m0/s1. The lowest BCUT2D eigenvalue weighted by Crippen LogP contribution is -2.69. The van der Waals surface area contributed by atoms with E-state index in [2.05, 4.69) is 48.5 Å². The molecule has 0 aliphatic heterocycles. The second-order valence-electron chi connectivity index (χ2n) is 15.2.